The van der Waals surface area contributed by atoms with E-state index in [-0.39, 0.29) is 24.3 Å². The molecule has 2 aromatic heterocycles. The van der Waals surface area contributed by atoms with Gasteiger partial charge in [-0.2, -0.15) is 0 Å². The van der Waals surface area contributed by atoms with E-state index in [1.807, 2.05) is 49.9 Å². The van der Waals surface area contributed by atoms with Crippen LogP contribution in [0.2, 0.25) is 0 Å². The Morgan fingerprint density at radius 1 is 1.19 bits per heavy atom. The van der Waals surface area contributed by atoms with Crippen molar-refractivity contribution in [3.63, 3.8) is 0 Å². The molecule has 0 aromatic carbocycles. The number of carbonyl (C=O) groups excluding carboxylic acids is 2. The van der Waals surface area contributed by atoms with Crippen LogP contribution in [0.1, 0.15) is 31.7 Å². The maximum absolute atomic E-state index is 13.0. The first-order valence-corrected chi connectivity index (χ1v) is 9.19. The summed E-state index contributed by atoms with van der Waals surface area (Å²) in [4.78, 5) is 28.8. The van der Waals surface area contributed by atoms with Crippen LogP contribution < -0.4 is 0 Å². The van der Waals surface area contributed by atoms with Gasteiger partial charge in [0.25, 0.3) is 0 Å². The van der Waals surface area contributed by atoms with Crippen molar-refractivity contribution in [3.05, 3.63) is 60.8 Å². The Morgan fingerprint density at radius 2 is 1.96 bits per heavy atom. The lowest BCUT2D eigenvalue weighted by Gasteiger charge is -2.27. The molecule has 2 aromatic rings. The molecule has 146 valence electrons. The molecule has 6 nitrogen and oxygen atoms in total. The molecule has 0 aliphatic rings. The first-order valence-electron chi connectivity index (χ1n) is 9.19. The highest BCUT2D eigenvalue weighted by Gasteiger charge is 2.22. The maximum Gasteiger partial charge on any atom is 0.242 e. The van der Waals surface area contributed by atoms with Crippen molar-refractivity contribution in [2.75, 3.05) is 13.1 Å². The van der Waals surface area contributed by atoms with E-state index < -0.39 is 0 Å². The van der Waals surface area contributed by atoms with Crippen LogP contribution >= 0.6 is 0 Å². The molecule has 0 N–H and O–H groups in total. The molecule has 0 atom stereocenters. The number of aromatic nitrogens is 1. The monoisotopic (exact) mass is 371 g/mol. The Labute approximate surface area is 161 Å². The zero-order valence-corrected chi connectivity index (χ0v) is 16.4. The molecule has 0 bridgehead atoms. The molecular weight excluding hydrogens is 342 g/mol. The van der Waals surface area contributed by atoms with E-state index in [1.54, 1.807) is 28.2 Å². The summed E-state index contributed by atoms with van der Waals surface area (Å²) < 4.78 is 7.40. The predicted octanol–water partition coefficient (Wildman–Crippen LogP) is 3.21. The minimum atomic E-state index is -0.119. The lowest BCUT2D eigenvalue weighted by Crippen LogP contribution is -2.43. The van der Waals surface area contributed by atoms with Gasteiger partial charge in [-0.1, -0.05) is 19.9 Å². The highest BCUT2D eigenvalue weighted by atomic mass is 16.3. The number of nitrogens with zero attached hydrogens (tertiary/aromatic N) is 3. The first kappa shape index (κ1) is 20.6. The number of amides is 2. The molecule has 2 rings (SSSR count). The summed E-state index contributed by atoms with van der Waals surface area (Å²) in [5, 5.41) is 0. The summed E-state index contributed by atoms with van der Waals surface area (Å²) in [5.41, 5.74) is 1.01. The van der Waals surface area contributed by atoms with Gasteiger partial charge in [0.05, 0.1) is 19.4 Å². The largest absolute Gasteiger partial charge is 0.467 e. The molecule has 0 unspecified atom stereocenters. The summed E-state index contributed by atoms with van der Waals surface area (Å²) in [6.07, 6.45) is 5.61. The van der Waals surface area contributed by atoms with E-state index in [0.717, 1.165) is 5.69 Å². The number of rotatable bonds is 10. The van der Waals surface area contributed by atoms with Crippen LogP contribution in [0.25, 0.3) is 0 Å². The fourth-order valence-electron chi connectivity index (χ4n) is 2.83. The molecule has 0 aliphatic carbocycles. The van der Waals surface area contributed by atoms with Gasteiger partial charge in [-0.3, -0.25) is 9.59 Å². The summed E-state index contributed by atoms with van der Waals surface area (Å²) >= 11 is 0. The molecular formula is C21H29N3O3. The number of aryl methyl sites for hydroxylation is 1. The Morgan fingerprint density at radius 3 is 2.52 bits per heavy atom. The van der Waals surface area contributed by atoms with Crippen molar-refractivity contribution < 1.29 is 14.0 Å². The second-order valence-electron chi connectivity index (χ2n) is 7.10. The van der Waals surface area contributed by atoms with Gasteiger partial charge in [-0.25, -0.2) is 0 Å². The smallest absolute Gasteiger partial charge is 0.242 e. The average Bonchev–Trinajstić information content (AvgIpc) is 3.25. The minimum absolute atomic E-state index is 0.0305. The minimum Gasteiger partial charge on any atom is -0.467 e. The quantitative estimate of drug-likeness (QED) is 0.603. The lowest BCUT2D eigenvalue weighted by molar-refractivity contribution is -0.141. The highest BCUT2D eigenvalue weighted by molar-refractivity contribution is 5.85. The van der Waals surface area contributed by atoms with Crippen LogP contribution in [0.4, 0.5) is 0 Å². The van der Waals surface area contributed by atoms with Crippen LogP contribution in [0, 0.1) is 5.92 Å². The molecule has 0 radical (unpaired) electrons. The Hall–Kier alpha value is -2.76. The molecule has 0 saturated carbocycles. The first-order chi connectivity index (χ1) is 12.9. The second-order valence-corrected chi connectivity index (χ2v) is 7.10. The molecule has 2 amide bonds. The van der Waals surface area contributed by atoms with Crippen LogP contribution in [-0.2, 0) is 29.7 Å². The van der Waals surface area contributed by atoms with Crippen molar-refractivity contribution in [1.29, 1.82) is 0 Å². The second kappa shape index (κ2) is 9.80. The summed E-state index contributed by atoms with van der Waals surface area (Å²) in [6.45, 7) is 8.89. The Bertz CT molecular complexity index is 747. The summed E-state index contributed by atoms with van der Waals surface area (Å²) in [6, 6.07) is 7.57. The Balaban J connectivity index is 2.14. The van der Waals surface area contributed by atoms with Gasteiger partial charge < -0.3 is 18.8 Å². The number of hydrogen-bond acceptors (Lipinski definition) is 3. The third kappa shape index (κ3) is 6.16. The van der Waals surface area contributed by atoms with Gasteiger partial charge in [0.15, 0.2) is 0 Å². The van der Waals surface area contributed by atoms with Crippen LogP contribution in [0.5, 0.6) is 0 Å². The maximum atomic E-state index is 13.0. The van der Waals surface area contributed by atoms with Gasteiger partial charge >= 0.3 is 0 Å². The predicted molar refractivity (Wildman–Crippen MR) is 105 cm³/mol. The topological polar surface area (TPSA) is 58.7 Å². The third-order valence-corrected chi connectivity index (χ3v) is 4.29. The van der Waals surface area contributed by atoms with E-state index in [2.05, 4.69) is 6.58 Å². The van der Waals surface area contributed by atoms with Crippen LogP contribution in [0.15, 0.2) is 53.8 Å². The van der Waals surface area contributed by atoms with Crippen molar-refractivity contribution in [2.24, 2.45) is 13.0 Å². The fraction of sp³-hybridized carbons (Fsp3) is 0.429. The van der Waals surface area contributed by atoms with E-state index in [9.17, 15) is 9.59 Å². The SMILES string of the molecule is C=CCN(CC(=O)N(Cc1ccco1)Cc1cccn1C)C(=O)CC(C)C. The fourth-order valence-corrected chi connectivity index (χ4v) is 2.83. The van der Waals surface area contributed by atoms with Crippen molar-refractivity contribution in [3.8, 4) is 0 Å². The van der Waals surface area contributed by atoms with Gasteiger partial charge in [0, 0.05) is 31.9 Å². The molecule has 0 aliphatic heterocycles. The summed E-state index contributed by atoms with van der Waals surface area (Å²) in [7, 11) is 1.95. The normalized spacial score (nSPS) is 10.8. The molecule has 0 fully saturated rings. The van der Waals surface area contributed by atoms with Gasteiger partial charge in [-0.15, -0.1) is 6.58 Å². The van der Waals surface area contributed by atoms with E-state index in [1.165, 1.54) is 0 Å². The average molecular weight is 371 g/mol. The zero-order chi connectivity index (χ0) is 19.8. The van der Waals surface area contributed by atoms with Crippen LogP contribution in [-0.4, -0.2) is 39.3 Å². The molecule has 2 heterocycles. The van der Waals surface area contributed by atoms with Crippen molar-refractivity contribution in [1.82, 2.24) is 14.4 Å². The third-order valence-electron chi connectivity index (χ3n) is 4.29. The van der Waals surface area contributed by atoms with Crippen LogP contribution in [0.3, 0.4) is 0 Å². The van der Waals surface area contributed by atoms with E-state index >= 15 is 0 Å². The summed E-state index contributed by atoms with van der Waals surface area (Å²) in [5.74, 6) is 0.797. The highest BCUT2D eigenvalue weighted by Crippen LogP contribution is 2.13. The van der Waals surface area contributed by atoms with E-state index in [0.29, 0.717) is 31.8 Å². The van der Waals surface area contributed by atoms with Gasteiger partial charge in [0.2, 0.25) is 11.8 Å². The number of furan rings is 1. The Kier molecular flexibility index (Phi) is 7.46. The zero-order valence-electron chi connectivity index (χ0n) is 16.4. The van der Waals surface area contributed by atoms with Gasteiger partial charge in [0.1, 0.15) is 12.3 Å². The van der Waals surface area contributed by atoms with Crippen molar-refractivity contribution >= 4 is 11.8 Å². The van der Waals surface area contributed by atoms with Crippen molar-refractivity contribution in [2.45, 2.75) is 33.4 Å². The van der Waals surface area contributed by atoms with Gasteiger partial charge in [-0.05, 0) is 30.2 Å². The standard InChI is InChI=1S/C21H29N3O3/c1-5-10-23(20(25)13-17(2)3)16-21(26)24(15-19-9-7-12-27-19)14-18-8-6-11-22(18)4/h5-9,11-12,17H,1,10,13-16H2,2-4H3. The number of carbonyl (C=O) groups is 2. The van der Waals surface area contributed by atoms with E-state index in [4.69, 9.17) is 4.42 Å². The molecule has 0 spiro atoms. The molecule has 27 heavy (non-hydrogen) atoms. The lowest BCUT2D eigenvalue weighted by atomic mass is 10.1. The molecule has 0 saturated heterocycles. The number of hydrogen-bond donors (Lipinski definition) is 0. The molecule has 6 heteroatoms.